The van der Waals surface area contributed by atoms with Crippen LogP contribution >= 0.6 is 0 Å². The molecule has 0 N–H and O–H groups in total. The molecule has 7 nitrogen and oxygen atoms in total. The van der Waals surface area contributed by atoms with Gasteiger partial charge in [-0.2, -0.15) is 0 Å². The van der Waals surface area contributed by atoms with Crippen LogP contribution < -0.4 is 0 Å². The molecule has 0 aromatic carbocycles. The fraction of sp³-hybridized carbons (Fsp3) is 0.312. The maximum Gasteiger partial charge on any atom is 0.333 e. The first kappa shape index (κ1) is 16.7. The number of hydroxylamine groups is 2. The Morgan fingerprint density at radius 2 is 1.61 bits per heavy atom. The Balaban J connectivity index is 2.37. The van der Waals surface area contributed by atoms with Gasteiger partial charge in [0.05, 0.1) is 12.8 Å². The van der Waals surface area contributed by atoms with Crippen molar-refractivity contribution in [2.45, 2.75) is 13.8 Å². The van der Waals surface area contributed by atoms with Gasteiger partial charge in [-0.25, -0.2) is 9.86 Å². The molecule has 2 rings (SSSR count). The summed E-state index contributed by atoms with van der Waals surface area (Å²) in [5, 5.41) is 1.50. The molecule has 0 aromatic rings. The molecule has 0 unspecified atom stereocenters. The third-order valence-electron chi connectivity index (χ3n) is 3.52. The fourth-order valence-electron chi connectivity index (χ4n) is 2.31. The van der Waals surface area contributed by atoms with Crippen molar-refractivity contribution in [3.8, 4) is 0 Å². The summed E-state index contributed by atoms with van der Waals surface area (Å²) in [7, 11) is 1.51. The van der Waals surface area contributed by atoms with Gasteiger partial charge >= 0.3 is 6.03 Å². The Morgan fingerprint density at radius 3 is 2.13 bits per heavy atom. The summed E-state index contributed by atoms with van der Waals surface area (Å²) < 4.78 is 0. The van der Waals surface area contributed by atoms with Crippen LogP contribution in [0.3, 0.4) is 0 Å². The average molecular weight is 317 g/mol. The van der Waals surface area contributed by atoms with Crippen molar-refractivity contribution >= 4 is 17.8 Å². The van der Waals surface area contributed by atoms with E-state index in [9.17, 15) is 14.4 Å². The minimum absolute atomic E-state index is 0.0418. The summed E-state index contributed by atoms with van der Waals surface area (Å²) >= 11 is 0. The van der Waals surface area contributed by atoms with Gasteiger partial charge in [0.1, 0.15) is 5.57 Å². The molecule has 122 valence electrons. The van der Waals surface area contributed by atoms with Gasteiger partial charge in [-0.15, -0.1) is 0 Å². The molecule has 0 aliphatic carbocycles. The molecule has 4 amide bonds. The molecule has 2 heterocycles. The summed E-state index contributed by atoms with van der Waals surface area (Å²) in [6.45, 7) is 3.80. The van der Waals surface area contributed by atoms with Crippen molar-refractivity contribution < 1.29 is 19.2 Å². The van der Waals surface area contributed by atoms with Crippen molar-refractivity contribution in [1.29, 1.82) is 0 Å². The van der Waals surface area contributed by atoms with E-state index in [1.807, 2.05) is 6.08 Å². The minimum atomic E-state index is -0.580. The van der Waals surface area contributed by atoms with E-state index in [1.54, 1.807) is 38.3 Å². The summed E-state index contributed by atoms with van der Waals surface area (Å²) in [4.78, 5) is 44.0. The number of hydrogen-bond acceptors (Lipinski definition) is 5. The lowest BCUT2D eigenvalue weighted by Gasteiger charge is -2.32. The normalized spacial score (nSPS) is 20.1. The number of carbonyl (C=O) groups excluding carboxylic acids is 3. The summed E-state index contributed by atoms with van der Waals surface area (Å²) in [5.74, 6) is -1.16. The second-order valence-electron chi connectivity index (χ2n) is 4.76. The third kappa shape index (κ3) is 3.09. The molecule has 1 fully saturated rings. The molecule has 0 radical (unpaired) electrons. The molecule has 1 saturated heterocycles. The van der Waals surface area contributed by atoms with Gasteiger partial charge in [-0.05, 0) is 38.2 Å². The van der Waals surface area contributed by atoms with Crippen molar-refractivity contribution in [2.75, 3.05) is 20.2 Å². The first-order valence-corrected chi connectivity index (χ1v) is 7.33. The molecule has 0 saturated carbocycles. The Labute approximate surface area is 134 Å². The quantitative estimate of drug-likeness (QED) is 0.581. The van der Waals surface area contributed by atoms with Crippen molar-refractivity contribution in [3.63, 3.8) is 0 Å². The number of imide groups is 2. The lowest BCUT2D eigenvalue weighted by molar-refractivity contribution is -0.135. The largest absolute Gasteiger partial charge is 0.333 e. The molecule has 2 aliphatic heterocycles. The van der Waals surface area contributed by atoms with Gasteiger partial charge < -0.3 is 0 Å². The van der Waals surface area contributed by atoms with Crippen LogP contribution in [0.15, 0.2) is 47.9 Å². The molecule has 7 heteroatoms. The van der Waals surface area contributed by atoms with Gasteiger partial charge in [0.25, 0.3) is 11.8 Å². The molecule has 0 bridgehead atoms. The van der Waals surface area contributed by atoms with Crippen LogP contribution in [0.1, 0.15) is 13.8 Å². The van der Waals surface area contributed by atoms with E-state index in [2.05, 4.69) is 0 Å². The molecule has 23 heavy (non-hydrogen) atoms. The van der Waals surface area contributed by atoms with E-state index in [4.69, 9.17) is 4.84 Å². The summed E-state index contributed by atoms with van der Waals surface area (Å²) in [5.41, 5.74) is 0.617. The first-order chi connectivity index (χ1) is 11.0. The van der Waals surface area contributed by atoms with Crippen LogP contribution in [0.5, 0.6) is 0 Å². The number of allylic oxidation sites excluding steroid dienone is 5. The van der Waals surface area contributed by atoms with Gasteiger partial charge in [0.15, 0.2) is 0 Å². The van der Waals surface area contributed by atoms with Crippen LogP contribution in [0.2, 0.25) is 0 Å². The highest BCUT2D eigenvalue weighted by molar-refractivity contribution is 6.28. The third-order valence-corrected chi connectivity index (χ3v) is 3.52. The van der Waals surface area contributed by atoms with Crippen LogP contribution in [0, 0.1) is 0 Å². The number of amides is 4. The maximum absolute atomic E-state index is 12.3. The fourth-order valence-corrected chi connectivity index (χ4v) is 2.31. The lowest BCUT2D eigenvalue weighted by atomic mass is 10.1. The topological polar surface area (TPSA) is 70.2 Å². The standard InChI is InChI=1S/C16H19N3O4/c1-4-17-14(20)13(15(21)18(5-2)16(17)22)10-9-12-8-6-7-11-19(12)23-3/h6-11H,4-5H2,1-3H3. The highest BCUT2D eigenvalue weighted by atomic mass is 16.7. The first-order valence-electron chi connectivity index (χ1n) is 7.33. The van der Waals surface area contributed by atoms with Crippen LogP contribution in [0.25, 0.3) is 0 Å². The summed E-state index contributed by atoms with van der Waals surface area (Å²) in [6.07, 6.45) is 10.1. The number of likely N-dealkylation sites (N-methyl/N-ethyl adjacent to an activating group) is 2. The zero-order valence-electron chi connectivity index (χ0n) is 13.4. The van der Waals surface area contributed by atoms with Gasteiger partial charge in [0.2, 0.25) is 0 Å². The highest BCUT2D eigenvalue weighted by Gasteiger charge is 2.40. The minimum Gasteiger partial charge on any atom is -0.272 e. The Morgan fingerprint density at radius 1 is 1.00 bits per heavy atom. The average Bonchev–Trinajstić information content (AvgIpc) is 2.56. The van der Waals surface area contributed by atoms with E-state index in [-0.39, 0.29) is 18.7 Å². The number of carbonyl (C=O) groups is 3. The molecule has 2 aliphatic rings. The smallest absolute Gasteiger partial charge is 0.272 e. The van der Waals surface area contributed by atoms with Crippen LogP contribution in [-0.2, 0) is 14.4 Å². The Kier molecular flexibility index (Phi) is 5.13. The molecule has 0 spiro atoms. The zero-order chi connectivity index (χ0) is 17.0. The highest BCUT2D eigenvalue weighted by Crippen LogP contribution is 2.19. The number of hydrogen-bond donors (Lipinski definition) is 0. The Hall–Kier alpha value is -2.67. The van der Waals surface area contributed by atoms with E-state index in [1.165, 1.54) is 18.2 Å². The van der Waals surface area contributed by atoms with Gasteiger partial charge in [-0.1, -0.05) is 6.08 Å². The number of urea groups is 1. The van der Waals surface area contributed by atoms with Crippen LogP contribution in [-0.4, -0.2) is 52.9 Å². The van der Waals surface area contributed by atoms with Gasteiger partial charge in [0, 0.05) is 19.3 Å². The number of nitrogens with zero attached hydrogens (tertiary/aromatic N) is 3. The molecule has 0 aromatic heterocycles. The Bertz CT molecular complexity index is 618. The van der Waals surface area contributed by atoms with Crippen LogP contribution in [0.4, 0.5) is 4.79 Å². The van der Waals surface area contributed by atoms with Crippen molar-refractivity contribution in [2.24, 2.45) is 0 Å². The van der Waals surface area contributed by atoms with E-state index >= 15 is 0 Å². The van der Waals surface area contributed by atoms with Crippen molar-refractivity contribution in [3.05, 3.63) is 47.9 Å². The van der Waals surface area contributed by atoms with E-state index in [0.29, 0.717) is 5.70 Å². The SMILES string of the molecule is CCN1C(=O)C(=CC=C2C=CC=CN2OC)C(=O)N(CC)C1=O. The molecular formula is C16H19N3O4. The van der Waals surface area contributed by atoms with Gasteiger partial charge in [-0.3, -0.25) is 24.2 Å². The maximum atomic E-state index is 12.3. The van der Waals surface area contributed by atoms with E-state index < -0.39 is 17.8 Å². The molecular weight excluding hydrogens is 298 g/mol. The summed E-state index contributed by atoms with van der Waals surface area (Å²) in [6, 6.07) is -0.575. The predicted molar refractivity (Wildman–Crippen MR) is 83.5 cm³/mol. The lowest BCUT2D eigenvalue weighted by Crippen LogP contribution is -2.56. The second kappa shape index (κ2) is 7.06. The monoisotopic (exact) mass is 317 g/mol. The molecule has 0 atom stereocenters. The number of barbiturate groups is 1. The zero-order valence-corrected chi connectivity index (χ0v) is 13.4. The van der Waals surface area contributed by atoms with Crippen molar-refractivity contribution in [1.82, 2.24) is 14.9 Å². The predicted octanol–water partition coefficient (Wildman–Crippen LogP) is 1.57. The second-order valence-corrected chi connectivity index (χ2v) is 4.76. The number of rotatable bonds is 4. The van der Waals surface area contributed by atoms with E-state index in [0.717, 1.165) is 9.80 Å².